The molecule has 2 rings (SSSR count). The van der Waals surface area contributed by atoms with Gasteiger partial charge in [0.15, 0.2) is 6.29 Å². The molecule has 0 N–H and O–H groups in total. The highest BCUT2D eigenvalue weighted by molar-refractivity contribution is 6.31. The Bertz CT molecular complexity index is 549. The molecule has 0 bridgehead atoms. The van der Waals surface area contributed by atoms with Gasteiger partial charge in [-0.3, -0.25) is 9.59 Å². The molecular formula is C15H15N3O2. The minimum Gasteiger partial charge on any atom is -0.357 e. The van der Waals surface area contributed by atoms with Crippen molar-refractivity contribution in [3.63, 3.8) is 0 Å². The van der Waals surface area contributed by atoms with E-state index in [1.165, 1.54) is 6.08 Å². The quantitative estimate of drug-likeness (QED) is 0.471. The summed E-state index contributed by atoms with van der Waals surface area (Å²) in [4.78, 5) is 27.5. The average Bonchev–Trinajstić information content (AvgIpc) is 2.53. The molecule has 0 aliphatic carbocycles. The number of hydrogen-bond donors (Lipinski definition) is 0. The van der Waals surface area contributed by atoms with E-state index < -0.39 is 5.78 Å². The van der Waals surface area contributed by atoms with Crippen molar-refractivity contribution < 1.29 is 9.59 Å². The molecule has 1 aromatic heterocycles. The number of anilines is 1. The summed E-state index contributed by atoms with van der Waals surface area (Å²) in [6.07, 6.45) is 6.47. The first kappa shape index (κ1) is 13.9. The van der Waals surface area contributed by atoms with Gasteiger partial charge in [0.25, 0.3) is 0 Å². The van der Waals surface area contributed by atoms with Gasteiger partial charge in [-0.1, -0.05) is 0 Å². The third-order valence-electron chi connectivity index (χ3n) is 3.33. The molecule has 102 valence electrons. The van der Waals surface area contributed by atoms with Crippen LogP contribution in [0.25, 0.3) is 6.08 Å². The molecule has 0 radical (unpaired) electrons. The number of carbonyl (C=O) groups is 2. The standard InChI is InChI=1S/C15H15N3O2/c16-9-12-5-7-18(8-6-12)15-4-2-13(10-17-15)1-3-14(20)11-19/h1-4,10-12H,5-8H2/b3-1+. The van der Waals surface area contributed by atoms with Crippen molar-refractivity contribution in [1.82, 2.24) is 4.98 Å². The minimum atomic E-state index is -0.562. The molecule has 1 aromatic rings. The second-order valence-electron chi connectivity index (χ2n) is 4.69. The average molecular weight is 269 g/mol. The predicted octanol–water partition coefficient (Wildman–Crippen LogP) is 1.60. The molecule has 0 unspecified atom stereocenters. The van der Waals surface area contributed by atoms with Crippen LogP contribution in [-0.4, -0.2) is 30.1 Å². The second kappa shape index (κ2) is 6.62. The number of piperidine rings is 1. The van der Waals surface area contributed by atoms with Crippen molar-refractivity contribution in [2.45, 2.75) is 12.8 Å². The topological polar surface area (TPSA) is 74.1 Å². The normalized spacial score (nSPS) is 16.1. The Morgan fingerprint density at radius 3 is 2.70 bits per heavy atom. The Labute approximate surface area is 117 Å². The molecule has 0 atom stereocenters. The van der Waals surface area contributed by atoms with Crippen LogP contribution in [0.1, 0.15) is 18.4 Å². The second-order valence-corrected chi connectivity index (χ2v) is 4.69. The molecule has 20 heavy (non-hydrogen) atoms. The number of aldehydes is 1. The summed E-state index contributed by atoms with van der Waals surface area (Å²) in [5.41, 5.74) is 0.774. The molecule has 5 nitrogen and oxygen atoms in total. The summed E-state index contributed by atoms with van der Waals surface area (Å²) in [5.74, 6) is 0.468. The van der Waals surface area contributed by atoms with Crippen LogP contribution in [0.3, 0.4) is 0 Å². The molecule has 1 aliphatic heterocycles. The van der Waals surface area contributed by atoms with Crippen LogP contribution in [0.4, 0.5) is 5.82 Å². The fourth-order valence-electron chi connectivity index (χ4n) is 2.14. The zero-order chi connectivity index (χ0) is 14.4. The van der Waals surface area contributed by atoms with Gasteiger partial charge in [-0.25, -0.2) is 4.98 Å². The molecule has 0 aromatic carbocycles. The van der Waals surface area contributed by atoms with E-state index in [1.807, 2.05) is 12.1 Å². The third kappa shape index (κ3) is 3.51. The molecule has 1 aliphatic rings. The number of ketones is 1. The van der Waals surface area contributed by atoms with Gasteiger partial charge >= 0.3 is 0 Å². The lowest BCUT2D eigenvalue weighted by Gasteiger charge is -2.30. The highest BCUT2D eigenvalue weighted by Gasteiger charge is 2.19. The van der Waals surface area contributed by atoms with Crippen molar-refractivity contribution >= 4 is 24.0 Å². The Kier molecular flexibility index (Phi) is 4.61. The molecule has 0 amide bonds. The van der Waals surface area contributed by atoms with Gasteiger partial charge in [0.05, 0.1) is 6.07 Å². The predicted molar refractivity (Wildman–Crippen MR) is 74.9 cm³/mol. The summed E-state index contributed by atoms with van der Waals surface area (Å²) < 4.78 is 0. The molecular weight excluding hydrogens is 254 g/mol. The number of allylic oxidation sites excluding steroid dienone is 1. The first-order valence-electron chi connectivity index (χ1n) is 6.51. The molecule has 1 fully saturated rings. The van der Waals surface area contributed by atoms with Gasteiger partial charge in [0.1, 0.15) is 5.82 Å². The number of hydrogen-bond acceptors (Lipinski definition) is 5. The maximum Gasteiger partial charge on any atom is 0.218 e. The van der Waals surface area contributed by atoms with Crippen LogP contribution in [-0.2, 0) is 9.59 Å². The summed E-state index contributed by atoms with van der Waals surface area (Å²) in [6, 6.07) is 6.04. The van der Waals surface area contributed by atoms with Gasteiger partial charge in [-0.2, -0.15) is 5.26 Å². The largest absolute Gasteiger partial charge is 0.357 e. The van der Waals surface area contributed by atoms with Gasteiger partial charge in [0, 0.05) is 25.2 Å². The van der Waals surface area contributed by atoms with Crippen LogP contribution in [0, 0.1) is 17.2 Å². The van der Waals surface area contributed by atoms with E-state index >= 15 is 0 Å². The Morgan fingerprint density at radius 1 is 1.40 bits per heavy atom. The van der Waals surface area contributed by atoms with Gasteiger partial charge in [-0.05, 0) is 42.7 Å². The number of carbonyl (C=O) groups excluding carboxylic acids is 2. The Morgan fingerprint density at radius 2 is 2.15 bits per heavy atom. The van der Waals surface area contributed by atoms with E-state index in [9.17, 15) is 9.59 Å². The molecule has 1 saturated heterocycles. The van der Waals surface area contributed by atoms with Crippen LogP contribution in [0.2, 0.25) is 0 Å². The van der Waals surface area contributed by atoms with Crippen LogP contribution in [0.15, 0.2) is 24.4 Å². The monoisotopic (exact) mass is 269 g/mol. The number of aromatic nitrogens is 1. The molecule has 2 heterocycles. The number of nitrogens with zero attached hydrogens (tertiary/aromatic N) is 3. The Hall–Kier alpha value is -2.48. The van der Waals surface area contributed by atoms with Gasteiger partial charge in [0.2, 0.25) is 5.78 Å². The number of nitriles is 1. The minimum absolute atomic E-state index is 0.155. The zero-order valence-electron chi connectivity index (χ0n) is 11.0. The lowest BCUT2D eigenvalue weighted by Crippen LogP contribution is -2.33. The van der Waals surface area contributed by atoms with Crippen molar-refractivity contribution in [2.75, 3.05) is 18.0 Å². The van der Waals surface area contributed by atoms with Crippen LogP contribution < -0.4 is 4.90 Å². The smallest absolute Gasteiger partial charge is 0.218 e. The lowest BCUT2D eigenvalue weighted by atomic mass is 9.99. The highest BCUT2D eigenvalue weighted by Crippen LogP contribution is 2.21. The summed E-state index contributed by atoms with van der Waals surface area (Å²) in [5, 5.41) is 8.86. The SMILES string of the molecule is N#CC1CCN(c2ccc(/C=C/C(=O)C=O)cn2)CC1. The van der Waals surface area contributed by atoms with E-state index in [0.717, 1.165) is 37.3 Å². The van der Waals surface area contributed by atoms with E-state index in [-0.39, 0.29) is 12.2 Å². The van der Waals surface area contributed by atoms with Gasteiger partial charge < -0.3 is 4.90 Å². The molecule has 5 heteroatoms. The van der Waals surface area contributed by atoms with Crippen molar-refractivity contribution in [1.29, 1.82) is 5.26 Å². The Balaban J connectivity index is 1.98. The number of rotatable bonds is 4. The lowest BCUT2D eigenvalue weighted by molar-refractivity contribution is -0.126. The fraction of sp³-hybridized carbons (Fsp3) is 0.333. The first-order valence-corrected chi connectivity index (χ1v) is 6.51. The first-order chi connectivity index (χ1) is 9.72. The summed E-state index contributed by atoms with van der Waals surface area (Å²) in [6.45, 7) is 1.67. The van der Waals surface area contributed by atoms with E-state index in [1.54, 1.807) is 12.3 Å². The van der Waals surface area contributed by atoms with Crippen molar-refractivity contribution in [3.8, 4) is 6.07 Å². The highest BCUT2D eigenvalue weighted by atomic mass is 16.2. The molecule has 0 spiro atoms. The van der Waals surface area contributed by atoms with Crippen LogP contribution in [0.5, 0.6) is 0 Å². The number of pyridine rings is 1. The zero-order valence-corrected chi connectivity index (χ0v) is 11.0. The third-order valence-corrected chi connectivity index (χ3v) is 3.33. The van der Waals surface area contributed by atoms with E-state index in [4.69, 9.17) is 5.26 Å². The van der Waals surface area contributed by atoms with Crippen molar-refractivity contribution in [2.24, 2.45) is 5.92 Å². The van der Waals surface area contributed by atoms with Gasteiger partial charge in [-0.15, -0.1) is 0 Å². The summed E-state index contributed by atoms with van der Waals surface area (Å²) in [7, 11) is 0. The van der Waals surface area contributed by atoms with E-state index in [0.29, 0.717) is 0 Å². The maximum atomic E-state index is 10.8. The summed E-state index contributed by atoms with van der Waals surface area (Å²) >= 11 is 0. The van der Waals surface area contributed by atoms with Crippen LogP contribution >= 0.6 is 0 Å². The molecule has 0 saturated carbocycles. The van der Waals surface area contributed by atoms with E-state index in [2.05, 4.69) is 16.0 Å². The maximum absolute atomic E-state index is 10.8. The van der Waals surface area contributed by atoms with Crippen molar-refractivity contribution in [3.05, 3.63) is 30.0 Å². The fourth-order valence-corrected chi connectivity index (χ4v) is 2.14.